The molecule has 0 aliphatic rings. The molecule has 1 heterocycles. The molecular weight excluding hydrogens is 390 g/mol. The Hall–Kier alpha value is -0.490. The van der Waals surface area contributed by atoms with Gasteiger partial charge in [0, 0.05) is 31.3 Å². The van der Waals surface area contributed by atoms with Gasteiger partial charge in [0.1, 0.15) is 0 Å². The van der Waals surface area contributed by atoms with E-state index in [4.69, 9.17) is 0 Å². The Morgan fingerprint density at radius 3 is 2.68 bits per heavy atom. The van der Waals surface area contributed by atoms with E-state index in [0.29, 0.717) is 6.54 Å². The largest absolute Gasteiger partial charge is 0.294 e. The zero-order valence-corrected chi connectivity index (χ0v) is 14.4. The zero-order chi connectivity index (χ0) is 13.8. The number of rotatable bonds is 5. The lowest BCUT2D eigenvalue weighted by atomic mass is 10.1. The molecule has 19 heavy (non-hydrogen) atoms. The molecule has 2 rings (SSSR count). The topological polar surface area (TPSA) is 20.3 Å². The van der Waals surface area contributed by atoms with Crippen LogP contribution in [0.15, 0.2) is 44.7 Å². The molecule has 0 aliphatic heterocycles. The zero-order valence-electron chi connectivity index (χ0n) is 10.4. The van der Waals surface area contributed by atoms with Gasteiger partial charge in [0.25, 0.3) is 0 Å². The first-order valence-corrected chi connectivity index (χ1v) is 8.21. The minimum Gasteiger partial charge on any atom is -0.294 e. The molecule has 0 atom stereocenters. The summed E-state index contributed by atoms with van der Waals surface area (Å²) in [5, 5.41) is 2.05. The van der Waals surface area contributed by atoms with Crippen molar-refractivity contribution in [3.8, 4) is 0 Å². The number of thiophene rings is 1. The molecule has 2 nitrogen and oxygen atoms in total. The van der Waals surface area contributed by atoms with E-state index in [-0.39, 0.29) is 5.78 Å². The fourth-order valence-corrected chi connectivity index (χ4v) is 3.69. The van der Waals surface area contributed by atoms with Crippen molar-refractivity contribution < 1.29 is 4.79 Å². The van der Waals surface area contributed by atoms with E-state index in [1.54, 1.807) is 11.3 Å². The monoisotopic (exact) mass is 401 g/mol. The highest BCUT2D eigenvalue weighted by Gasteiger charge is 2.10. The standard InChI is InChI=1S/C14H13Br2NOS/c1-17(7-13-6-12(16)9-19-13)8-14(18)10-3-2-4-11(15)5-10/h2-6,9H,7-8H2,1H3. The van der Waals surface area contributed by atoms with E-state index in [9.17, 15) is 4.79 Å². The summed E-state index contributed by atoms with van der Waals surface area (Å²) in [7, 11) is 1.96. The number of likely N-dealkylation sites (N-methyl/N-ethyl adjacent to an activating group) is 1. The molecule has 0 radical (unpaired) electrons. The van der Waals surface area contributed by atoms with Gasteiger partial charge in [0.05, 0.1) is 6.54 Å². The molecule has 0 N–H and O–H groups in total. The lowest BCUT2D eigenvalue weighted by Crippen LogP contribution is -2.25. The van der Waals surface area contributed by atoms with Crippen molar-refractivity contribution in [2.24, 2.45) is 0 Å². The van der Waals surface area contributed by atoms with Gasteiger partial charge in [-0.2, -0.15) is 0 Å². The lowest BCUT2D eigenvalue weighted by Gasteiger charge is -2.14. The number of hydrogen-bond acceptors (Lipinski definition) is 3. The first kappa shape index (κ1) is 14.9. The molecule has 100 valence electrons. The van der Waals surface area contributed by atoms with Crippen LogP contribution in [0.1, 0.15) is 15.2 Å². The highest BCUT2D eigenvalue weighted by atomic mass is 79.9. The smallest absolute Gasteiger partial charge is 0.176 e. The molecule has 2 aromatic rings. The predicted molar refractivity (Wildman–Crippen MR) is 86.8 cm³/mol. The number of halogens is 2. The fraction of sp³-hybridized carbons (Fsp3) is 0.214. The Balaban J connectivity index is 1.95. The van der Waals surface area contributed by atoms with Crippen LogP contribution < -0.4 is 0 Å². The van der Waals surface area contributed by atoms with Gasteiger partial charge in [-0.1, -0.05) is 28.1 Å². The summed E-state index contributed by atoms with van der Waals surface area (Å²) in [6.07, 6.45) is 0. The Kier molecular flexibility index (Phi) is 5.33. The van der Waals surface area contributed by atoms with Crippen LogP contribution >= 0.6 is 43.2 Å². The van der Waals surface area contributed by atoms with Crippen molar-refractivity contribution in [1.29, 1.82) is 0 Å². The number of nitrogens with zero attached hydrogens (tertiary/aromatic N) is 1. The van der Waals surface area contributed by atoms with E-state index in [1.807, 2.05) is 36.2 Å². The Bertz CT molecular complexity index is 582. The van der Waals surface area contributed by atoms with Crippen molar-refractivity contribution in [3.05, 3.63) is 55.1 Å². The van der Waals surface area contributed by atoms with Crippen molar-refractivity contribution >= 4 is 49.0 Å². The summed E-state index contributed by atoms with van der Waals surface area (Å²) in [6, 6.07) is 9.60. The summed E-state index contributed by atoms with van der Waals surface area (Å²) >= 11 is 8.52. The quantitative estimate of drug-likeness (QED) is 0.681. The van der Waals surface area contributed by atoms with Crippen LogP contribution in [-0.2, 0) is 6.54 Å². The Morgan fingerprint density at radius 1 is 1.26 bits per heavy atom. The SMILES string of the molecule is CN(CC(=O)c1cccc(Br)c1)Cc1cc(Br)cs1. The Morgan fingerprint density at radius 2 is 2.05 bits per heavy atom. The Labute approximate surface area is 133 Å². The first-order valence-electron chi connectivity index (χ1n) is 5.75. The summed E-state index contributed by atoms with van der Waals surface area (Å²) in [6.45, 7) is 1.21. The van der Waals surface area contributed by atoms with Gasteiger partial charge in [0.15, 0.2) is 5.78 Å². The molecular formula is C14H13Br2NOS. The average Bonchev–Trinajstić information content (AvgIpc) is 2.74. The van der Waals surface area contributed by atoms with Crippen molar-refractivity contribution in [1.82, 2.24) is 4.90 Å². The number of benzene rings is 1. The number of carbonyl (C=O) groups is 1. The third-order valence-electron chi connectivity index (χ3n) is 2.61. The molecule has 1 aromatic heterocycles. The number of Topliss-reactive ketones (excluding diaryl/α,β-unsaturated/α-hetero) is 1. The highest BCUT2D eigenvalue weighted by Crippen LogP contribution is 2.21. The third-order valence-corrected chi connectivity index (χ3v) is 4.78. The van der Waals surface area contributed by atoms with Crippen LogP contribution in [0.25, 0.3) is 0 Å². The van der Waals surface area contributed by atoms with Gasteiger partial charge in [0.2, 0.25) is 0 Å². The van der Waals surface area contributed by atoms with Gasteiger partial charge < -0.3 is 0 Å². The summed E-state index contributed by atoms with van der Waals surface area (Å²) < 4.78 is 2.03. The second kappa shape index (κ2) is 6.79. The number of ketones is 1. The minimum absolute atomic E-state index is 0.138. The van der Waals surface area contributed by atoms with Gasteiger partial charge >= 0.3 is 0 Å². The highest BCUT2D eigenvalue weighted by molar-refractivity contribution is 9.10. The summed E-state index contributed by atoms with van der Waals surface area (Å²) in [5.74, 6) is 0.138. The van der Waals surface area contributed by atoms with Crippen LogP contribution in [-0.4, -0.2) is 24.3 Å². The average molecular weight is 403 g/mol. The summed E-state index contributed by atoms with van der Waals surface area (Å²) in [5.41, 5.74) is 0.744. The van der Waals surface area contributed by atoms with E-state index in [1.165, 1.54) is 4.88 Å². The number of carbonyl (C=O) groups excluding carboxylic acids is 1. The number of hydrogen-bond donors (Lipinski definition) is 0. The van der Waals surface area contributed by atoms with Crippen LogP contribution in [0.4, 0.5) is 0 Å². The van der Waals surface area contributed by atoms with Crippen LogP contribution in [0.2, 0.25) is 0 Å². The van der Waals surface area contributed by atoms with Gasteiger partial charge in [-0.15, -0.1) is 11.3 Å². The summed E-state index contributed by atoms with van der Waals surface area (Å²) in [4.78, 5) is 15.4. The molecule has 1 aromatic carbocycles. The van der Waals surface area contributed by atoms with E-state index in [0.717, 1.165) is 21.1 Å². The van der Waals surface area contributed by atoms with E-state index >= 15 is 0 Å². The maximum atomic E-state index is 12.1. The van der Waals surface area contributed by atoms with Crippen LogP contribution in [0.5, 0.6) is 0 Å². The lowest BCUT2D eigenvalue weighted by molar-refractivity contribution is 0.0943. The molecule has 0 unspecified atom stereocenters. The van der Waals surface area contributed by atoms with Gasteiger partial charge in [-0.05, 0) is 41.2 Å². The van der Waals surface area contributed by atoms with Crippen molar-refractivity contribution in [2.75, 3.05) is 13.6 Å². The third kappa shape index (κ3) is 4.53. The molecule has 0 amide bonds. The molecule has 0 spiro atoms. The molecule has 5 heteroatoms. The van der Waals surface area contributed by atoms with Crippen LogP contribution in [0, 0.1) is 0 Å². The van der Waals surface area contributed by atoms with Gasteiger partial charge in [-0.3, -0.25) is 9.69 Å². The maximum absolute atomic E-state index is 12.1. The van der Waals surface area contributed by atoms with Gasteiger partial charge in [-0.25, -0.2) is 0 Å². The van der Waals surface area contributed by atoms with Crippen LogP contribution in [0.3, 0.4) is 0 Å². The first-order chi connectivity index (χ1) is 9.04. The normalized spacial score (nSPS) is 10.9. The molecule has 0 saturated heterocycles. The second-order valence-corrected chi connectivity index (χ2v) is 7.16. The minimum atomic E-state index is 0.138. The maximum Gasteiger partial charge on any atom is 0.176 e. The molecule has 0 fully saturated rings. The van der Waals surface area contributed by atoms with Crippen molar-refractivity contribution in [2.45, 2.75) is 6.54 Å². The second-order valence-electron chi connectivity index (χ2n) is 4.34. The van der Waals surface area contributed by atoms with E-state index in [2.05, 4.69) is 43.3 Å². The molecule has 0 bridgehead atoms. The van der Waals surface area contributed by atoms with E-state index < -0.39 is 0 Å². The predicted octanol–water partition coefficient (Wildman–Crippen LogP) is 4.59. The van der Waals surface area contributed by atoms with Crippen molar-refractivity contribution in [3.63, 3.8) is 0 Å². The molecule has 0 aliphatic carbocycles. The fourth-order valence-electron chi connectivity index (χ4n) is 1.76. The molecule has 0 saturated carbocycles.